The van der Waals surface area contributed by atoms with E-state index in [9.17, 15) is 9.59 Å². The third kappa shape index (κ3) is 3.56. The number of hydrogen-bond acceptors (Lipinski definition) is 4. The van der Waals surface area contributed by atoms with Gasteiger partial charge in [-0.2, -0.15) is 5.10 Å². The summed E-state index contributed by atoms with van der Waals surface area (Å²) in [7, 11) is 0. The molecule has 0 N–H and O–H groups in total. The van der Waals surface area contributed by atoms with Gasteiger partial charge in [0.15, 0.2) is 5.78 Å². The van der Waals surface area contributed by atoms with Gasteiger partial charge in [0.05, 0.1) is 12.3 Å². The largest absolute Gasteiger partial charge is 0.461 e. The van der Waals surface area contributed by atoms with Crippen LogP contribution in [0, 0.1) is 6.92 Å². The number of benzene rings is 1. The maximum absolute atomic E-state index is 12.0. The molecule has 0 spiro atoms. The number of carbonyl (C=O) groups excluding carboxylic acids is 2. The maximum Gasteiger partial charge on any atom is 0.356 e. The number of esters is 1. The Hall–Kier alpha value is -2.43. The summed E-state index contributed by atoms with van der Waals surface area (Å²) < 4.78 is 6.41. The summed E-state index contributed by atoms with van der Waals surface area (Å²) in [5.41, 5.74) is 2.99. The van der Waals surface area contributed by atoms with E-state index in [0.717, 1.165) is 11.1 Å². The lowest BCUT2D eigenvalue weighted by Gasteiger charge is -2.04. The van der Waals surface area contributed by atoms with E-state index in [1.54, 1.807) is 13.0 Å². The molecule has 5 nitrogen and oxygen atoms in total. The summed E-state index contributed by atoms with van der Waals surface area (Å²) in [5, 5.41) is 4.35. The molecule has 0 fully saturated rings. The summed E-state index contributed by atoms with van der Waals surface area (Å²) in [6.45, 7) is 5.54. The first-order valence-electron chi connectivity index (χ1n) is 6.82. The van der Waals surface area contributed by atoms with Crippen LogP contribution in [0.5, 0.6) is 0 Å². The second kappa shape index (κ2) is 6.35. The highest BCUT2D eigenvalue weighted by molar-refractivity contribution is 5.89. The Morgan fingerprint density at radius 2 is 1.90 bits per heavy atom. The van der Waals surface area contributed by atoms with E-state index >= 15 is 0 Å². The van der Waals surface area contributed by atoms with E-state index in [1.807, 2.05) is 31.2 Å². The van der Waals surface area contributed by atoms with Crippen molar-refractivity contribution in [2.75, 3.05) is 6.61 Å². The third-order valence-electron chi connectivity index (χ3n) is 2.98. The fourth-order valence-corrected chi connectivity index (χ4v) is 1.98. The summed E-state index contributed by atoms with van der Waals surface area (Å²) >= 11 is 0. The molecular weight excluding hydrogens is 268 g/mol. The van der Waals surface area contributed by atoms with Gasteiger partial charge < -0.3 is 4.74 Å². The molecule has 0 amide bonds. The lowest BCUT2D eigenvalue weighted by Crippen LogP contribution is -2.16. The van der Waals surface area contributed by atoms with Gasteiger partial charge in [0.1, 0.15) is 12.2 Å². The van der Waals surface area contributed by atoms with E-state index in [-0.39, 0.29) is 18.9 Å². The number of aromatic nitrogens is 2. The van der Waals surface area contributed by atoms with Gasteiger partial charge in [0.2, 0.25) is 0 Å². The zero-order valence-electron chi connectivity index (χ0n) is 12.4. The molecule has 0 saturated carbocycles. The Bertz CT molecular complexity index is 657. The molecule has 1 aromatic carbocycles. The van der Waals surface area contributed by atoms with Crippen LogP contribution in [-0.4, -0.2) is 28.1 Å². The van der Waals surface area contributed by atoms with Crippen molar-refractivity contribution in [3.05, 3.63) is 41.6 Å². The SMILES string of the molecule is CCOC(=O)c1cc(-c2ccc(C)cc2)nn1CC(C)=O. The normalized spacial score (nSPS) is 10.4. The van der Waals surface area contributed by atoms with Crippen LogP contribution in [0.1, 0.15) is 29.9 Å². The zero-order chi connectivity index (χ0) is 15.4. The molecule has 1 heterocycles. The Labute approximate surface area is 123 Å². The number of hydrogen-bond donors (Lipinski definition) is 0. The van der Waals surface area contributed by atoms with Crippen molar-refractivity contribution in [3.8, 4) is 11.3 Å². The Balaban J connectivity index is 2.41. The summed E-state index contributed by atoms with van der Waals surface area (Å²) in [5.74, 6) is -0.538. The van der Waals surface area contributed by atoms with Crippen LogP contribution in [-0.2, 0) is 16.1 Å². The van der Waals surface area contributed by atoms with Crippen molar-refractivity contribution >= 4 is 11.8 Å². The Morgan fingerprint density at radius 1 is 1.24 bits per heavy atom. The van der Waals surface area contributed by atoms with Gasteiger partial charge in [-0.3, -0.25) is 9.48 Å². The molecule has 0 aliphatic carbocycles. The van der Waals surface area contributed by atoms with Crippen molar-refractivity contribution < 1.29 is 14.3 Å². The number of rotatable bonds is 5. The average molecular weight is 286 g/mol. The second-order valence-corrected chi connectivity index (χ2v) is 4.86. The number of nitrogens with zero attached hydrogens (tertiary/aromatic N) is 2. The molecule has 2 aromatic rings. The van der Waals surface area contributed by atoms with Crippen LogP contribution in [0.15, 0.2) is 30.3 Å². The van der Waals surface area contributed by atoms with Gasteiger partial charge in [-0.1, -0.05) is 29.8 Å². The molecule has 0 atom stereocenters. The third-order valence-corrected chi connectivity index (χ3v) is 2.98. The zero-order valence-corrected chi connectivity index (χ0v) is 12.4. The molecule has 0 radical (unpaired) electrons. The number of Topliss-reactive ketones (excluding diaryl/α,β-unsaturated/α-hetero) is 1. The minimum Gasteiger partial charge on any atom is -0.461 e. The predicted molar refractivity (Wildman–Crippen MR) is 79.0 cm³/mol. The molecule has 5 heteroatoms. The van der Waals surface area contributed by atoms with Gasteiger partial charge in [0.25, 0.3) is 0 Å². The fraction of sp³-hybridized carbons (Fsp3) is 0.312. The highest BCUT2D eigenvalue weighted by Gasteiger charge is 2.18. The Kier molecular flexibility index (Phi) is 4.52. The van der Waals surface area contributed by atoms with Gasteiger partial charge in [-0.05, 0) is 26.8 Å². The highest BCUT2D eigenvalue weighted by Crippen LogP contribution is 2.20. The van der Waals surface area contributed by atoms with Crippen LogP contribution in [0.3, 0.4) is 0 Å². The first-order valence-corrected chi connectivity index (χ1v) is 6.82. The predicted octanol–water partition coefficient (Wildman–Crippen LogP) is 2.62. The van der Waals surface area contributed by atoms with Crippen molar-refractivity contribution in [3.63, 3.8) is 0 Å². The van der Waals surface area contributed by atoms with Gasteiger partial charge in [0, 0.05) is 5.56 Å². The average Bonchev–Trinajstić information content (AvgIpc) is 2.83. The molecule has 0 bridgehead atoms. The molecule has 21 heavy (non-hydrogen) atoms. The van der Waals surface area contributed by atoms with Crippen molar-refractivity contribution in [2.24, 2.45) is 0 Å². The van der Waals surface area contributed by atoms with Crippen LogP contribution < -0.4 is 0 Å². The van der Waals surface area contributed by atoms with Gasteiger partial charge >= 0.3 is 5.97 Å². The Morgan fingerprint density at radius 3 is 2.48 bits per heavy atom. The van der Waals surface area contributed by atoms with Crippen molar-refractivity contribution in [1.82, 2.24) is 9.78 Å². The number of carbonyl (C=O) groups is 2. The lowest BCUT2D eigenvalue weighted by atomic mass is 10.1. The standard InChI is InChI=1S/C16H18N2O3/c1-4-21-16(20)15-9-14(17-18(15)10-12(3)19)13-7-5-11(2)6-8-13/h5-9H,4,10H2,1-3H3. The highest BCUT2D eigenvalue weighted by atomic mass is 16.5. The number of ketones is 1. The monoisotopic (exact) mass is 286 g/mol. The van der Waals surface area contributed by atoms with Gasteiger partial charge in [-0.15, -0.1) is 0 Å². The van der Waals surface area contributed by atoms with Gasteiger partial charge in [-0.25, -0.2) is 4.79 Å². The molecule has 1 aromatic heterocycles. The molecule has 0 unspecified atom stereocenters. The van der Waals surface area contributed by atoms with E-state index in [2.05, 4.69) is 5.10 Å². The van der Waals surface area contributed by atoms with E-state index < -0.39 is 5.97 Å². The topological polar surface area (TPSA) is 61.2 Å². The van der Waals surface area contributed by atoms with Crippen LogP contribution in [0.25, 0.3) is 11.3 Å². The first-order chi connectivity index (χ1) is 10.0. The second-order valence-electron chi connectivity index (χ2n) is 4.86. The van der Waals surface area contributed by atoms with E-state index in [0.29, 0.717) is 11.4 Å². The lowest BCUT2D eigenvalue weighted by molar-refractivity contribution is -0.117. The van der Waals surface area contributed by atoms with Crippen LogP contribution in [0.4, 0.5) is 0 Å². The van der Waals surface area contributed by atoms with Crippen LogP contribution >= 0.6 is 0 Å². The quantitative estimate of drug-likeness (QED) is 0.793. The number of ether oxygens (including phenoxy) is 1. The maximum atomic E-state index is 12.0. The van der Waals surface area contributed by atoms with E-state index in [1.165, 1.54) is 11.6 Å². The summed E-state index contributed by atoms with van der Waals surface area (Å²) in [4.78, 5) is 23.3. The van der Waals surface area contributed by atoms with Crippen molar-refractivity contribution in [2.45, 2.75) is 27.3 Å². The molecule has 0 aliphatic rings. The summed E-state index contributed by atoms with van der Waals surface area (Å²) in [6.07, 6.45) is 0. The van der Waals surface area contributed by atoms with Crippen LogP contribution in [0.2, 0.25) is 0 Å². The molecule has 110 valence electrons. The molecular formula is C16H18N2O3. The minimum atomic E-state index is -0.468. The molecule has 0 saturated heterocycles. The molecule has 0 aliphatic heterocycles. The smallest absolute Gasteiger partial charge is 0.356 e. The first kappa shape index (κ1) is 15.0. The van der Waals surface area contributed by atoms with Crippen molar-refractivity contribution in [1.29, 1.82) is 0 Å². The fourth-order valence-electron chi connectivity index (χ4n) is 1.98. The minimum absolute atomic E-state index is 0.0556. The summed E-state index contributed by atoms with van der Waals surface area (Å²) in [6, 6.07) is 9.48. The molecule has 2 rings (SSSR count). The number of aryl methyl sites for hydroxylation is 1. The van der Waals surface area contributed by atoms with E-state index in [4.69, 9.17) is 4.74 Å².